The van der Waals surface area contributed by atoms with E-state index in [0.717, 1.165) is 11.1 Å². The van der Waals surface area contributed by atoms with Crippen LogP contribution in [0.5, 0.6) is 11.5 Å². The Bertz CT molecular complexity index is 1600. The van der Waals surface area contributed by atoms with Gasteiger partial charge in [0.15, 0.2) is 0 Å². The van der Waals surface area contributed by atoms with Gasteiger partial charge < -0.3 is 18.9 Å². The molecule has 6 rings (SSSR count). The topological polar surface area (TPSA) is 102 Å². The molecule has 0 aromatic heterocycles. The van der Waals surface area contributed by atoms with Crippen molar-refractivity contribution in [2.24, 2.45) is 10.2 Å². The Labute approximate surface area is 261 Å². The van der Waals surface area contributed by atoms with Crippen LogP contribution in [0.15, 0.2) is 119 Å². The summed E-state index contributed by atoms with van der Waals surface area (Å²) in [4.78, 5) is 24.9. The summed E-state index contributed by atoms with van der Waals surface area (Å²) in [5, 5.41) is 11.5. The maximum Gasteiger partial charge on any atom is 0.243 e. The average molecular weight is 605 g/mol. The molecule has 0 aliphatic carbocycles. The third-order valence-electron chi connectivity index (χ3n) is 7.15. The van der Waals surface area contributed by atoms with Crippen LogP contribution in [0.4, 0.5) is 0 Å². The van der Waals surface area contributed by atoms with E-state index in [-0.39, 0.29) is 11.8 Å². The second-order valence-electron chi connectivity index (χ2n) is 10.3. The van der Waals surface area contributed by atoms with Gasteiger partial charge in [0, 0.05) is 31.4 Å². The lowest BCUT2D eigenvalue weighted by Crippen LogP contribution is -2.26. The highest BCUT2D eigenvalue weighted by Gasteiger charge is 2.36. The lowest BCUT2D eigenvalue weighted by atomic mass is 10.1. The van der Waals surface area contributed by atoms with Gasteiger partial charge in [-0.1, -0.05) is 60.7 Å². The molecule has 0 radical (unpaired) electrons. The second-order valence-corrected chi connectivity index (χ2v) is 10.3. The molecule has 0 unspecified atom stereocenters. The van der Waals surface area contributed by atoms with Crippen molar-refractivity contribution < 1.29 is 28.5 Å². The Balaban J connectivity index is 1.09. The molecular formula is C35H32N4O6. The first kappa shape index (κ1) is 29.4. The molecule has 228 valence electrons. The minimum atomic E-state index is -0.754. The molecule has 0 spiro atoms. The van der Waals surface area contributed by atoms with Crippen LogP contribution in [0.3, 0.4) is 0 Å². The van der Waals surface area contributed by atoms with E-state index in [1.54, 1.807) is 0 Å². The molecule has 10 nitrogen and oxygen atoms in total. The second kappa shape index (κ2) is 13.3. The molecule has 0 saturated heterocycles. The fourth-order valence-electron chi connectivity index (χ4n) is 4.99. The van der Waals surface area contributed by atoms with Gasteiger partial charge in [-0.2, -0.15) is 10.0 Å². The number of amides is 2. The highest BCUT2D eigenvalue weighted by molar-refractivity contribution is 5.97. The zero-order valence-electron chi connectivity index (χ0n) is 24.9. The zero-order chi connectivity index (χ0) is 31.2. The van der Waals surface area contributed by atoms with Gasteiger partial charge in [0.2, 0.25) is 36.1 Å². The third kappa shape index (κ3) is 6.50. The Morgan fingerprint density at radius 1 is 0.600 bits per heavy atom. The zero-order valence-corrected chi connectivity index (χ0v) is 24.9. The fourth-order valence-corrected chi connectivity index (χ4v) is 4.99. The number of carbonyl (C=O) groups excluding carboxylic acids is 2. The third-order valence-corrected chi connectivity index (χ3v) is 7.15. The van der Waals surface area contributed by atoms with E-state index < -0.39 is 12.5 Å². The standard InChI is InChI=1S/C35H32N4O6/c1-24(40)38-34(44-32(36-38)26-14-5-3-6-15-26)28-18-9-11-20-30(28)42-22-13-23-43-31-21-12-10-19-29(31)35-39(25(2)41)37-33(45-35)27-16-7-4-8-17-27/h3-12,14-21,34-35H,13,22-23H2,1-2H3/t34-,35-/m1/s1. The van der Waals surface area contributed by atoms with E-state index in [4.69, 9.17) is 18.9 Å². The molecule has 10 heteroatoms. The van der Waals surface area contributed by atoms with Crippen molar-refractivity contribution in [2.45, 2.75) is 32.7 Å². The predicted molar refractivity (Wildman–Crippen MR) is 167 cm³/mol. The van der Waals surface area contributed by atoms with E-state index in [1.807, 2.05) is 109 Å². The normalized spacial score (nSPS) is 17.2. The number of benzene rings is 4. The molecule has 2 aliphatic heterocycles. The summed E-state index contributed by atoms with van der Waals surface area (Å²) in [5.74, 6) is 1.41. The molecule has 0 saturated carbocycles. The molecule has 4 aromatic rings. The van der Waals surface area contributed by atoms with Crippen LogP contribution in [0, 0.1) is 0 Å². The smallest absolute Gasteiger partial charge is 0.243 e. The first-order valence-corrected chi connectivity index (χ1v) is 14.6. The van der Waals surface area contributed by atoms with Crippen LogP contribution in [-0.4, -0.2) is 46.8 Å². The quantitative estimate of drug-likeness (QED) is 0.206. The Kier molecular flexibility index (Phi) is 8.72. The lowest BCUT2D eigenvalue weighted by Gasteiger charge is -2.22. The molecule has 2 amide bonds. The SMILES string of the molecule is CC(=O)N1N=C(c2ccccc2)O[C@@H]1c1ccccc1OCCCOc1ccccc1[C@H]1OC(c2ccccc2)=NN1C(C)=O. The van der Waals surface area contributed by atoms with Gasteiger partial charge in [0.25, 0.3) is 0 Å². The molecule has 0 fully saturated rings. The van der Waals surface area contributed by atoms with E-state index in [9.17, 15) is 9.59 Å². The Hall–Kier alpha value is -5.64. The van der Waals surface area contributed by atoms with Crippen LogP contribution in [-0.2, 0) is 19.1 Å². The summed E-state index contributed by atoms with van der Waals surface area (Å²) in [5.41, 5.74) is 2.93. The number of rotatable bonds is 10. The van der Waals surface area contributed by atoms with E-state index >= 15 is 0 Å². The van der Waals surface area contributed by atoms with Gasteiger partial charge in [-0.25, -0.2) is 0 Å². The van der Waals surface area contributed by atoms with Crippen molar-refractivity contribution in [1.29, 1.82) is 0 Å². The van der Waals surface area contributed by atoms with E-state index in [2.05, 4.69) is 10.2 Å². The minimum Gasteiger partial charge on any atom is -0.493 e. The maximum absolute atomic E-state index is 12.5. The summed E-state index contributed by atoms with van der Waals surface area (Å²) in [6.45, 7) is 3.60. The molecule has 45 heavy (non-hydrogen) atoms. The van der Waals surface area contributed by atoms with Crippen LogP contribution < -0.4 is 9.47 Å². The molecular weight excluding hydrogens is 572 g/mol. The van der Waals surface area contributed by atoms with Crippen LogP contribution in [0.1, 0.15) is 55.0 Å². The first-order chi connectivity index (χ1) is 22.0. The first-order valence-electron chi connectivity index (χ1n) is 14.6. The van der Waals surface area contributed by atoms with Crippen molar-refractivity contribution >= 4 is 23.6 Å². The number of hydrogen-bond donors (Lipinski definition) is 0. The summed E-state index contributed by atoms with van der Waals surface area (Å²) in [7, 11) is 0. The largest absolute Gasteiger partial charge is 0.493 e. The molecule has 4 aromatic carbocycles. The molecule has 2 atom stereocenters. The fraction of sp³-hybridized carbons (Fsp3) is 0.200. The molecule has 0 bridgehead atoms. The maximum atomic E-state index is 12.5. The van der Waals surface area contributed by atoms with Gasteiger partial charge in [-0.15, -0.1) is 10.2 Å². The van der Waals surface area contributed by atoms with Gasteiger partial charge >= 0.3 is 0 Å². The van der Waals surface area contributed by atoms with Crippen LogP contribution in [0.2, 0.25) is 0 Å². The van der Waals surface area contributed by atoms with Crippen LogP contribution in [0.25, 0.3) is 0 Å². The van der Waals surface area contributed by atoms with Gasteiger partial charge in [-0.3, -0.25) is 9.59 Å². The van der Waals surface area contributed by atoms with E-state index in [1.165, 1.54) is 23.9 Å². The summed E-state index contributed by atoms with van der Waals surface area (Å²) in [6.07, 6.45) is -0.948. The number of para-hydroxylation sites is 2. The highest BCUT2D eigenvalue weighted by Crippen LogP contribution is 2.37. The average Bonchev–Trinajstić information content (AvgIpc) is 3.72. The van der Waals surface area contributed by atoms with Crippen molar-refractivity contribution in [3.05, 3.63) is 131 Å². The van der Waals surface area contributed by atoms with Crippen molar-refractivity contribution in [1.82, 2.24) is 10.0 Å². The van der Waals surface area contributed by atoms with Crippen molar-refractivity contribution in [2.75, 3.05) is 13.2 Å². The number of carbonyl (C=O) groups is 2. The Morgan fingerprint density at radius 3 is 1.38 bits per heavy atom. The van der Waals surface area contributed by atoms with Gasteiger partial charge in [0.05, 0.1) is 24.3 Å². The highest BCUT2D eigenvalue weighted by atomic mass is 16.5. The molecule has 2 heterocycles. The number of hydrogen-bond acceptors (Lipinski definition) is 8. The number of ether oxygens (including phenoxy) is 4. The molecule has 0 N–H and O–H groups in total. The van der Waals surface area contributed by atoms with Crippen LogP contribution >= 0.6 is 0 Å². The van der Waals surface area contributed by atoms with Crippen molar-refractivity contribution in [3.63, 3.8) is 0 Å². The van der Waals surface area contributed by atoms with Gasteiger partial charge in [0.1, 0.15) is 11.5 Å². The summed E-state index contributed by atoms with van der Waals surface area (Å²) in [6, 6.07) is 33.8. The number of hydrazone groups is 2. The minimum absolute atomic E-state index is 0.247. The number of nitrogens with zero attached hydrogens (tertiary/aromatic N) is 4. The monoisotopic (exact) mass is 604 g/mol. The lowest BCUT2D eigenvalue weighted by molar-refractivity contribution is -0.136. The van der Waals surface area contributed by atoms with Crippen molar-refractivity contribution in [3.8, 4) is 11.5 Å². The van der Waals surface area contributed by atoms with E-state index in [0.29, 0.717) is 54.1 Å². The summed E-state index contributed by atoms with van der Waals surface area (Å²) < 4.78 is 24.6. The van der Waals surface area contributed by atoms with Gasteiger partial charge in [-0.05, 0) is 48.5 Å². The molecule has 2 aliphatic rings. The summed E-state index contributed by atoms with van der Waals surface area (Å²) >= 11 is 0. The Morgan fingerprint density at radius 2 is 0.978 bits per heavy atom. The predicted octanol–water partition coefficient (Wildman–Crippen LogP) is 6.01.